The molecule has 1 aliphatic rings. The number of anilines is 1. The molecule has 1 saturated heterocycles. The normalized spacial score (nSPS) is 16.9. The van der Waals surface area contributed by atoms with E-state index in [1.165, 1.54) is 42.6 Å². The van der Waals surface area contributed by atoms with Crippen molar-refractivity contribution in [1.82, 2.24) is 14.5 Å². The maximum absolute atomic E-state index is 12.2. The van der Waals surface area contributed by atoms with Crippen molar-refractivity contribution >= 4 is 11.8 Å². The molecule has 0 radical (unpaired) electrons. The highest BCUT2D eigenvalue weighted by atomic mass is 16.2. The van der Waals surface area contributed by atoms with Crippen LogP contribution in [0.4, 0.5) is 10.6 Å². The monoisotopic (exact) mass is 278 g/mol. The first-order chi connectivity index (χ1) is 9.66. The van der Waals surface area contributed by atoms with Crippen LogP contribution in [-0.2, 0) is 7.05 Å². The van der Waals surface area contributed by atoms with Gasteiger partial charge in [0.05, 0.1) is 6.33 Å². The van der Waals surface area contributed by atoms with E-state index in [4.69, 9.17) is 0 Å². The second-order valence-corrected chi connectivity index (χ2v) is 5.26. The number of carbonyl (C=O) groups excluding carboxylic acids is 1. The van der Waals surface area contributed by atoms with Crippen LogP contribution in [0, 0.1) is 0 Å². The number of amides is 2. The second kappa shape index (κ2) is 7.07. The third-order valence-electron chi connectivity index (χ3n) is 3.61. The number of carbonyl (C=O) groups is 1. The van der Waals surface area contributed by atoms with Gasteiger partial charge < -0.3 is 9.47 Å². The Bertz CT molecular complexity index is 502. The van der Waals surface area contributed by atoms with Crippen molar-refractivity contribution in [2.24, 2.45) is 7.05 Å². The molecule has 0 saturated carbocycles. The van der Waals surface area contributed by atoms with Gasteiger partial charge in [0.1, 0.15) is 5.82 Å². The maximum atomic E-state index is 12.2. The molecule has 0 spiro atoms. The molecule has 6 nitrogen and oxygen atoms in total. The van der Waals surface area contributed by atoms with E-state index in [2.05, 4.69) is 10.3 Å². The number of nitrogens with zero attached hydrogens (tertiary/aromatic N) is 3. The SMILES string of the molecule is Cn1cnc(NC(=O)N2CCCCCCCC2)cc1=O. The van der Waals surface area contributed by atoms with E-state index in [-0.39, 0.29) is 11.6 Å². The van der Waals surface area contributed by atoms with Crippen molar-refractivity contribution in [3.8, 4) is 0 Å². The van der Waals surface area contributed by atoms with Crippen LogP contribution in [0.25, 0.3) is 0 Å². The Labute approximate surface area is 118 Å². The minimum atomic E-state index is -0.181. The van der Waals surface area contributed by atoms with E-state index in [1.54, 1.807) is 7.05 Å². The standard InChI is InChI=1S/C14H22N4O2/c1-17-11-15-12(10-13(17)19)16-14(20)18-8-6-4-2-3-5-7-9-18/h10-11H,2-9H2,1H3,(H,16,20). The Morgan fingerprint density at radius 1 is 1.15 bits per heavy atom. The summed E-state index contributed by atoms with van der Waals surface area (Å²) in [4.78, 5) is 29.6. The molecule has 110 valence electrons. The number of aromatic nitrogens is 2. The van der Waals surface area contributed by atoms with Gasteiger partial charge in [-0.2, -0.15) is 0 Å². The van der Waals surface area contributed by atoms with Gasteiger partial charge in [0, 0.05) is 26.2 Å². The van der Waals surface area contributed by atoms with E-state index in [1.807, 2.05) is 4.90 Å². The fourth-order valence-electron chi connectivity index (χ4n) is 2.35. The Kier molecular flexibility index (Phi) is 5.15. The molecular formula is C14H22N4O2. The van der Waals surface area contributed by atoms with Gasteiger partial charge in [-0.05, 0) is 12.8 Å². The predicted octanol–water partition coefficient (Wildman–Crippen LogP) is 1.97. The predicted molar refractivity (Wildman–Crippen MR) is 77.8 cm³/mol. The van der Waals surface area contributed by atoms with E-state index in [9.17, 15) is 9.59 Å². The molecule has 1 N–H and O–H groups in total. The second-order valence-electron chi connectivity index (χ2n) is 5.26. The number of aryl methyl sites for hydroxylation is 1. The quantitative estimate of drug-likeness (QED) is 0.854. The fraction of sp³-hybridized carbons (Fsp3) is 0.643. The zero-order valence-corrected chi connectivity index (χ0v) is 12.0. The molecule has 0 aromatic carbocycles. The van der Waals surface area contributed by atoms with Crippen LogP contribution >= 0.6 is 0 Å². The van der Waals surface area contributed by atoms with E-state index in [0.717, 1.165) is 25.9 Å². The lowest BCUT2D eigenvalue weighted by Gasteiger charge is -2.22. The number of urea groups is 1. The summed E-state index contributed by atoms with van der Waals surface area (Å²) in [5.41, 5.74) is -0.181. The number of nitrogens with one attached hydrogen (secondary N) is 1. The van der Waals surface area contributed by atoms with Gasteiger partial charge in [0.25, 0.3) is 5.56 Å². The van der Waals surface area contributed by atoms with Gasteiger partial charge in [-0.25, -0.2) is 9.78 Å². The number of hydrogen-bond donors (Lipinski definition) is 1. The summed E-state index contributed by atoms with van der Waals surface area (Å²) in [7, 11) is 1.63. The van der Waals surface area contributed by atoms with E-state index >= 15 is 0 Å². The lowest BCUT2D eigenvalue weighted by atomic mass is 10.1. The van der Waals surface area contributed by atoms with Gasteiger partial charge in [-0.15, -0.1) is 0 Å². The largest absolute Gasteiger partial charge is 0.325 e. The molecule has 0 bridgehead atoms. The molecule has 6 heteroatoms. The van der Waals surface area contributed by atoms with Gasteiger partial charge >= 0.3 is 6.03 Å². The van der Waals surface area contributed by atoms with Crippen LogP contribution in [0.15, 0.2) is 17.2 Å². The van der Waals surface area contributed by atoms with Crippen molar-refractivity contribution in [2.45, 2.75) is 38.5 Å². The molecule has 0 aliphatic carbocycles. The molecule has 0 atom stereocenters. The first-order valence-corrected chi connectivity index (χ1v) is 7.25. The van der Waals surface area contributed by atoms with Crippen molar-refractivity contribution in [1.29, 1.82) is 0 Å². The summed E-state index contributed by atoms with van der Waals surface area (Å²) < 4.78 is 1.37. The van der Waals surface area contributed by atoms with Gasteiger partial charge in [0.15, 0.2) is 0 Å². The Hall–Kier alpha value is -1.85. The maximum Gasteiger partial charge on any atom is 0.323 e. The first kappa shape index (κ1) is 14.6. The van der Waals surface area contributed by atoms with Crippen LogP contribution in [0.5, 0.6) is 0 Å². The third kappa shape index (κ3) is 4.08. The summed E-state index contributed by atoms with van der Waals surface area (Å²) in [5, 5.41) is 2.71. The zero-order chi connectivity index (χ0) is 14.4. The number of hydrogen-bond acceptors (Lipinski definition) is 3. The zero-order valence-electron chi connectivity index (χ0n) is 12.0. The van der Waals surface area contributed by atoms with Crippen molar-refractivity contribution < 1.29 is 4.79 Å². The Morgan fingerprint density at radius 2 is 1.75 bits per heavy atom. The summed E-state index contributed by atoms with van der Waals surface area (Å²) in [5.74, 6) is 0.318. The van der Waals surface area contributed by atoms with Crippen molar-refractivity contribution in [2.75, 3.05) is 18.4 Å². The van der Waals surface area contributed by atoms with Gasteiger partial charge in [0.2, 0.25) is 0 Å². The lowest BCUT2D eigenvalue weighted by molar-refractivity contribution is 0.210. The van der Waals surface area contributed by atoms with Crippen LogP contribution in [0.2, 0.25) is 0 Å². The van der Waals surface area contributed by atoms with Crippen LogP contribution in [0.3, 0.4) is 0 Å². The average molecular weight is 278 g/mol. The topological polar surface area (TPSA) is 67.2 Å². The fourth-order valence-corrected chi connectivity index (χ4v) is 2.35. The van der Waals surface area contributed by atoms with Crippen LogP contribution in [0.1, 0.15) is 38.5 Å². The number of rotatable bonds is 1. The summed E-state index contributed by atoms with van der Waals surface area (Å²) in [6, 6.07) is 1.18. The average Bonchev–Trinajstić information content (AvgIpc) is 2.56. The van der Waals surface area contributed by atoms with E-state index < -0.39 is 0 Å². The molecule has 1 aromatic rings. The molecule has 1 aliphatic heterocycles. The summed E-state index contributed by atoms with van der Waals surface area (Å²) in [6.45, 7) is 1.55. The molecule has 2 rings (SSSR count). The van der Waals surface area contributed by atoms with E-state index in [0.29, 0.717) is 5.82 Å². The highest BCUT2D eigenvalue weighted by Crippen LogP contribution is 2.12. The Morgan fingerprint density at radius 3 is 2.35 bits per heavy atom. The van der Waals surface area contributed by atoms with Crippen molar-refractivity contribution in [3.05, 3.63) is 22.7 Å². The first-order valence-electron chi connectivity index (χ1n) is 7.25. The van der Waals surface area contributed by atoms with Gasteiger partial charge in [-0.3, -0.25) is 10.1 Å². The molecule has 20 heavy (non-hydrogen) atoms. The van der Waals surface area contributed by atoms with Crippen molar-refractivity contribution in [3.63, 3.8) is 0 Å². The lowest BCUT2D eigenvalue weighted by Crippen LogP contribution is -2.37. The van der Waals surface area contributed by atoms with Gasteiger partial charge in [-0.1, -0.05) is 25.7 Å². The Balaban J connectivity index is 1.98. The van der Waals surface area contributed by atoms with Crippen LogP contribution in [-0.4, -0.2) is 33.6 Å². The molecule has 1 aromatic heterocycles. The highest BCUT2D eigenvalue weighted by Gasteiger charge is 2.14. The third-order valence-corrected chi connectivity index (χ3v) is 3.61. The minimum Gasteiger partial charge on any atom is -0.325 e. The van der Waals surface area contributed by atoms with Crippen LogP contribution < -0.4 is 10.9 Å². The highest BCUT2D eigenvalue weighted by molar-refractivity contribution is 5.88. The summed E-state index contributed by atoms with van der Waals surface area (Å²) >= 11 is 0. The summed E-state index contributed by atoms with van der Waals surface area (Å²) in [6.07, 6.45) is 8.35. The molecular weight excluding hydrogens is 256 g/mol. The molecule has 0 unspecified atom stereocenters. The molecule has 1 fully saturated rings. The smallest absolute Gasteiger partial charge is 0.323 e. The molecule has 2 heterocycles. The molecule has 2 amide bonds. The minimum absolute atomic E-state index is 0.160.